The molecule has 8 heteroatoms. The van der Waals surface area contributed by atoms with E-state index in [1.165, 1.54) is 12.1 Å². The van der Waals surface area contributed by atoms with Gasteiger partial charge in [0.1, 0.15) is 5.69 Å². The van der Waals surface area contributed by atoms with Crippen molar-refractivity contribution in [3.05, 3.63) is 45.3 Å². The lowest BCUT2D eigenvalue weighted by Gasteiger charge is -2.09. The minimum atomic E-state index is -0.817. The molecule has 0 saturated carbocycles. The Morgan fingerprint density at radius 1 is 1.50 bits per heavy atom. The van der Waals surface area contributed by atoms with E-state index in [-0.39, 0.29) is 36.0 Å². The molecule has 0 atom stereocenters. The summed E-state index contributed by atoms with van der Waals surface area (Å²) in [4.78, 5) is 34.0. The molecule has 1 aromatic rings. The lowest BCUT2D eigenvalue weighted by molar-refractivity contribution is -0.384. The molecule has 22 heavy (non-hydrogen) atoms. The van der Waals surface area contributed by atoms with Crippen molar-refractivity contribution < 1.29 is 24.0 Å². The summed E-state index contributed by atoms with van der Waals surface area (Å²) in [5.74, 6) is -1.48. The molecule has 0 fully saturated rings. The van der Waals surface area contributed by atoms with Crippen LogP contribution in [0.1, 0.15) is 12.5 Å². The molecular formula is C14H14N2O6. The van der Waals surface area contributed by atoms with Gasteiger partial charge < -0.3 is 14.8 Å². The fraction of sp³-hybridized carbons (Fsp3) is 0.286. The minimum Gasteiger partial charge on any atom is -0.470 e. The average Bonchev–Trinajstić information content (AvgIpc) is 2.82. The van der Waals surface area contributed by atoms with Gasteiger partial charge >= 0.3 is 5.97 Å². The van der Waals surface area contributed by atoms with Crippen LogP contribution in [-0.2, 0) is 19.1 Å². The molecule has 8 nitrogen and oxygen atoms in total. The molecule has 1 N–H and O–H groups in total. The Bertz CT molecular complexity index is 680. The van der Waals surface area contributed by atoms with Crippen LogP contribution < -0.4 is 5.32 Å². The summed E-state index contributed by atoms with van der Waals surface area (Å²) in [6.45, 7) is 3.12. The molecule has 0 bridgehead atoms. The zero-order chi connectivity index (χ0) is 16.3. The first-order valence-electron chi connectivity index (χ1n) is 6.53. The number of nitrogens with one attached hydrogen (secondary N) is 1. The van der Waals surface area contributed by atoms with E-state index >= 15 is 0 Å². The van der Waals surface area contributed by atoms with E-state index in [0.717, 1.165) is 0 Å². The summed E-state index contributed by atoms with van der Waals surface area (Å²) < 4.78 is 9.90. The first-order chi connectivity index (χ1) is 10.4. The molecule has 0 aliphatic carbocycles. The Balaban J connectivity index is 2.38. The average molecular weight is 306 g/mol. The first-order valence-corrected chi connectivity index (χ1v) is 6.53. The zero-order valence-electron chi connectivity index (χ0n) is 12.0. The molecule has 0 amide bonds. The normalized spacial score (nSPS) is 13.8. The molecule has 0 spiro atoms. The molecule has 1 aromatic carbocycles. The second kappa shape index (κ2) is 6.25. The van der Waals surface area contributed by atoms with Crippen molar-refractivity contribution in [2.45, 2.75) is 13.8 Å². The first kappa shape index (κ1) is 15.5. The lowest BCUT2D eigenvalue weighted by Crippen LogP contribution is -2.16. The van der Waals surface area contributed by atoms with Crippen molar-refractivity contribution in [2.75, 3.05) is 18.5 Å². The number of anilines is 1. The fourth-order valence-corrected chi connectivity index (χ4v) is 1.94. The number of hydrogen-bond donors (Lipinski definition) is 1. The molecule has 1 aliphatic rings. The minimum absolute atomic E-state index is 0.105. The number of aryl methyl sites for hydroxylation is 1. The maximum Gasteiger partial charge on any atom is 0.347 e. The van der Waals surface area contributed by atoms with Crippen LogP contribution in [0.25, 0.3) is 0 Å². The number of benzene rings is 1. The molecule has 2 rings (SSSR count). The highest BCUT2D eigenvalue weighted by molar-refractivity contribution is 6.19. The SMILES string of the molecule is CCOC(=O)C1=C(Nc2ccc(C)cc2[N+](=O)[O-])OCC1=O. The van der Waals surface area contributed by atoms with Crippen molar-refractivity contribution >= 4 is 23.1 Å². The van der Waals surface area contributed by atoms with Gasteiger partial charge in [-0.2, -0.15) is 0 Å². The number of esters is 1. The monoisotopic (exact) mass is 306 g/mol. The summed E-state index contributed by atoms with van der Waals surface area (Å²) in [6, 6.07) is 4.52. The van der Waals surface area contributed by atoms with Crippen molar-refractivity contribution in [3.63, 3.8) is 0 Å². The molecular weight excluding hydrogens is 292 g/mol. The largest absolute Gasteiger partial charge is 0.470 e. The number of carbonyl (C=O) groups excluding carboxylic acids is 2. The van der Waals surface area contributed by atoms with Crippen LogP contribution in [0.5, 0.6) is 0 Å². The van der Waals surface area contributed by atoms with Gasteiger partial charge in [0.05, 0.1) is 11.5 Å². The summed E-state index contributed by atoms with van der Waals surface area (Å²) in [5, 5.41) is 13.7. The van der Waals surface area contributed by atoms with Gasteiger partial charge in [0.25, 0.3) is 5.69 Å². The van der Waals surface area contributed by atoms with Gasteiger partial charge in [0.15, 0.2) is 12.2 Å². The van der Waals surface area contributed by atoms with E-state index in [1.54, 1.807) is 19.9 Å². The number of ketones is 1. The van der Waals surface area contributed by atoms with Crippen molar-refractivity contribution in [1.82, 2.24) is 0 Å². The van der Waals surface area contributed by atoms with Crippen LogP contribution in [0, 0.1) is 17.0 Å². The van der Waals surface area contributed by atoms with Gasteiger partial charge in [-0.25, -0.2) is 4.79 Å². The highest BCUT2D eigenvalue weighted by Gasteiger charge is 2.33. The third kappa shape index (κ3) is 3.05. The van der Waals surface area contributed by atoms with E-state index in [2.05, 4.69) is 5.32 Å². The summed E-state index contributed by atoms with van der Waals surface area (Å²) in [5.41, 5.74) is 0.387. The van der Waals surface area contributed by atoms with Crippen LogP contribution in [0.4, 0.5) is 11.4 Å². The lowest BCUT2D eigenvalue weighted by atomic mass is 10.2. The number of rotatable bonds is 5. The van der Waals surface area contributed by atoms with Gasteiger partial charge in [0.2, 0.25) is 11.7 Å². The predicted molar refractivity (Wildman–Crippen MR) is 76.1 cm³/mol. The second-order valence-corrected chi connectivity index (χ2v) is 4.54. The van der Waals surface area contributed by atoms with Crippen molar-refractivity contribution in [2.24, 2.45) is 0 Å². The molecule has 1 aliphatic heterocycles. The highest BCUT2D eigenvalue weighted by Crippen LogP contribution is 2.29. The Morgan fingerprint density at radius 2 is 2.23 bits per heavy atom. The van der Waals surface area contributed by atoms with Gasteiger partial charge in [-0.3, -0.25) is 14.9 Å². The van der Waals surface area contributed by atoms with Gasteiger partial charge in [-0.15, -0.1) is 0 Å². The summed E-state index contributed by atoms with van der Waals surface area (Å²) in [6.07, 6.45) is 0. The zero-order valence-corrected chi connectivity index (χ0v) is 12.0. The Morgan fingerprint density at radius 3 is 2.86 bits per heavy atom. The Labute approximate surface area is 125 Å². The third-order valence-corrected chi connectivity index (χ3v) is 2.93. The number of carbonyl (C=O) groups is 2. The van der Waals surface area contributed by atoms with Crippen molar-refractivity contribution in [3.8, 4) is 0 Å². The standard InChI is InChI=1S/C14H14N2O6/c1-3-21-14(18)12-11(17)7-22-13(12)15-9-5-4-8(2)6-10(9)16(19)20/h4-6,15H,3,7H2,1-2H3. The molecule has 116 valence electrons. The highest BCUT2D eigenvalue weighted by atomic mass is 16.6. The summed E-state index contributed by atoms with van der Waals surface area (Å²) in [7, 11) is 0. The number of nitro benzene ring substituents is 1. The van der Waals surface area contributed by atoms with E-state index in [9.17, 15) is 19.7 Å². The smallest absolute Gasteiger partial charge is 0.347 e. The van der Waals surface area contributed by atoms with E-state index < -0.39 is 16.7 Å². The van der Waals surface area contributed by atoms with Crippen molar-refractivity contribution in [1.29, 1.82) is 0 Å². The fourth-order valence-electron chi connectivity index (χ4n) is 1.94. The quantitative estimate of drug-likeness (QED) is 0.381. The van der Waals surface area contributed by atoms with Gasteiger partial charge in [-0.1, -0.05) is 6.07 Å². The number of nitrogens with zero attached hydrogens (tertiary/aromatic N) is 1. The van der Waals surface area contributed by atoms with E-state index in [4.69, 9.17) is 9.47 Å². The molecule has 1 heterocycles. The topological polar surface area (TPSA) is 108 Å². The van der Waals surface area contributed by atoms with Crippen LogP contribution in [0.15, 0.2) is 29.7 Å². The van der Waals surface area contributed by atoms with Gasteiger partial charge in [0, 0.05) is 6.07 Å². The number of nitro groups is 1. The number of Topliss-reactive ketones (excluding diaryl/α,β-unsaturated/α-hetero) is 1. The molecule has 0 radical (unpaired) electrons. The second-order valence-electron chi connectivity index (χ2n) is 4.54. The molecule has 0 saturated heterocycles. The van der Waals surface area contributed by atoms with Crippen LogP contribution in [0.3, 0.4) is 0 Å². The summed E-state index contributed by atoms with van der Waals surface area (Å²) >= 11 is 0. The maximum absolute atomic E-state index is 11.8. The van der Waals surface area contributed by atoms with E-state index in [1.807, 2.05) is 0 Å². The Kier molecular flexibility index (Phi) is 4.40. The van der Waals surface area contributed by atoms with E-state index in [0.29, 0.717) is 5.56 Å². The maximum atomic E-state index is 11.8. The van der Waals surface area contributed by atoms with Crippen LogP contribution in [0.2, 0.25) is 0 Å². The molecule has 0 unspecified atom stereocenters. The predicted octanol–water partition coefficient (Wildman–Crippen LogP) is 1.69. The number of hydrogen-bond acceptors (Lipinski definition) is 7. The van der Waals surface area contributed by atoms with Gasteiger partial charge in [-0.05, 0) is 25.5 Å². The Hall–Kier alpha value is -2.90. The molecule has 0 aromatic heterocycles. The third-order valence-electron chi connectivity index (χ3n) is 2.93. The van der Waals surface area contributed by atoms with Crippen LogP contribution >= 0.6 is 0 Å². The van der Waals surface area contributed by atoms with Crippen LogP contribution in [-0.4, -0.2) is 29.9 Å². The number of ether oxygens (including phenoxy) is 2.